The molecule has 4 nitrogen and oxygen atoms in total. The van der Waals surface area contributed by atoms with Gasteiger partial charge in [0.2, 0.25) is 0 Å². The Hall–Kier alpha value is -1.24. The van der Waals surface area contributed by atoms with E-state index in [1.165, 1.54) is 12.1 Å². The third kappa shape index (κ3) is 8.11. The molecule has 0 saturated heterocycles. The summed E-state index contributed by atoms with van der Waals surface area (Å²) in [5.74, 6) is 0.969. The van der Waals surface area contributed by atoms with Crippen molar-refractivity contribution in [2.45, 2.75) is 19.6 Å². The van der Waals surface area contributed by atoms with Crippen LogP contribution >= 0.6 is 36.4 Å². The van der Waals surface area contributed by atoms with Gasteiger partial charge < -0.3 is 20.1 Å². The molecule has 0 fully saturated rings. The number of hydrogen-bond acceptors (Lipinski definition) is 4. The molecule has 8 heteroatoms. The average molecular weight is 440 g/mol. The molecule has 0 aromatic heterocycles. The predicted octanol–water partition coefficient (Wildman–Crippen LogP) is 4.61. The highest BCUT2D eigenvalue weighted by molar-refractivity contribution is 6.31. The van der Waals surface area contributed by atoms with Crippen molar-refractivity contribution in [3.8, 4) is 11.5 Å². The largest absolute Gasteiger partial charge is 0.493 e. The Morgan fingerprint density at radius 1 is 1.07 bits per heavy atom. The molecule has 0 amide bonds. The standard InChI is InChI=1S/C19H24ClFN2O2.2ClH/c1-22-9-4-10-23-12-14-5-3-6-18(24-2)19(14)25-13-15-7-8-16(21)11-17(15)20;;/h3,5-8,11,22-23H,4,9-10,12-13H2,1-2H3;2*1H. The first-order valence-corrected chi connectivity index (χ1v) is 8.61. The van der Waals surface area contributed by atoms with E-state index in [1.807, 2.05) is 25.2 Å². The van der Waals surface area contributed by atoms with Gasteiger partial charge in [0, 0.05) is 17.7 Å². The lowest BCUT2D eigenvalue weighted by atomic mass is 10.1. The highest BCUT2D eigenvalue weighted by Gasteiger charge is 2.12. The fourth-order valence-corrected chi connectivity index (χ4v) is 2.65. The van der Waals surface area contributed by atoms with E-state index in [0.29, 0.717) is 23.1 Å². The molecular formula is C19H26Cl3FN2O2. The summed E-state index contributed by atoms with van der Waals surface area (Å²) in [6.45, 7) is 2.79. The van der Waals surface area contributed by atoms with Gasteiger partial charge in [0.25, 0.3) is 0 Å². The van der Waals surface area contributed by atoms with Gasteiger partial charge in [0.05, 0.1) is 12.1 Å². The molecule has 2 N–H and O–H groups in total. The Bertz CT molecular complexity index is 690. The van der Waals surface area contributed by atoms with E-state index in [-0.39, 0.29) is 37.2 Å². The van der Waals surface area contributed by atoms with Crippen LogP contribution in [0.1, 0.15) is 17.5 Å². The maximum Gasteiger partial charge on any atom is 0.166 e. The van der Waals surface area contributed by atoms with Gasteiger partial charge in [-0.15, -0.1) is 24.8 Å². The number of rotatable bonds is 10. The molecule has 0 aliphatic heterocycles. The Balaban J connectivity index is 0.00000338. The molecule has 0 atom stereocenters. The van der Waals surface area contributed by atoms with Gasteiger partial charge in [-0.05, 0) is 44.8 Å². The molecule has 0 aliphatic carbocycles. The maximum atomic E-state index is 13.2. The predicted molar refractivity (Wildman–Crippen MR) is 113 cm³/mol. The van der Waals surface area contributed by atoms with Crippen molar-refractivity contribution in [2.24, 2.45) is 0 Å². The highest BCUT2D eigenvalue weighted by atomic mass is 35.5. The van der Waals surface area contributed by atoms with Crippen LogP contribution in [0.3, 0.4) is 0 Å². The van der Waals surface area contributed by atoms with Crippen LogP contribution in [0, 0.1) is 5.82 Å². The second kappa shape index (κ2) is 13.9. The zero-order valence-corrected chi connectivity index (χ0v) is 17.8. The third-order valence-corrected chi connectivity index (χ3v) is 4.12. The molecular weight excluding hydrogens is 414 g/mol. The first-order valence-electron chi connectivity index (χ1n) is 8.23. The fourth-order valence-electron chi connectivity index (χ4n) is 2.43. The number of para-hydroxylation sites is 1. The second-order valence-corrected chi connectivity index (χ2v) is 6.01. The first kappa shape index (κ1) is 25.8. The van der Waals surface area contributed by atoms with Gasteiger partial charge in [0.15, 0.2) is 11.5 Å². The van der Waals surface area contributed by atoms with Crippen molar-refractivity contribution < 1.29 is 13.9 Å². The summed E-state index contributed by atoms with van der Waals surface area (Å²) in [7, 11) is 3.55. The summed E-state index contributed by atoms with van der Waals surface area (Å²) < 4.78 is 24.5. The molecule has 152 valence electrons. The van der Waals surface area contributed by atoms with Crippen molar-refractivity contribution in [1.29, 1.82) is 0 Å². The van der Waals surface area contributed by atoms with E-state index in [4.69, 9.17) is 21.1 Å². The van der Waals surface area contributed by atoms with Gasteiger partial charge in [-0.1, -0.05) is 29.8 Å². The Kier molecular flexibility index (Phi) is 13.2. The van der Waals surface area contributed by atoms with Crippen LogP contribution in [0.5, 0.6) is 11.5 Å². The van der Waals surface area contributed by atoms with E-state index < -0.39 is 0 Å². The lowest BCUT2D eigenvalue weighted by Crippen LogP contribution is -2.19. The van der Waals surface area contributed by atoms with Gasteiger partial charge in [-0.3, -0.25) is 0 Å². The lowest BCUT2D eigenvalue weighted by molar-refractivity contribution is 0.280. The number of methoxy groups -OCH3 is 1. The lowest BCUT2D eigenvalue weighted by Gasteiger charge is -2.16. The topological polar surface area (TPSA) is 42.5 Å². The molecule has 0 radical (unpaired) electrons. The van der Waals surface area contributed by atoms with E-state index in [9.17, 15) is 4.39 Å². The molecule has 0 spiro atoms. The summed E-state index contributed by atoms with van der Waals surface area (Å²) in [5.41, 5.74) is 1.73. The Morgan fingerprint density at radius 3 is 2.52 bits per heavy atom. The van der Waals surface area contributed by atoms with E-state index in [0.717, 1.165) is 30.6 Å². The number of benzene rings is 2. The molecule has 0 saturated carbocycles. The van der Waals surface area contributed by atoms with Gasteiger partial charge >= 0.3 is 0 Å². The van der Waals surface area contributed by atoms with E-state index in [2.05, 4.69) is 10.6 Å². The van der Waals surface area contributed by atoms with Gasteiger partial charge in [0.1, 0.15) is 12.4 Å². The minimum atomic E-state index is -0.363. The number of hydrogen-bond donors (Lipinski definition) is 2. The molecule has 0 unspecified atom stereocenters. The van der Waals surface area contributed by atoms with Crippen LogP contribution in [0.2, 0.25) is 5.02 Å². The van der Waals surface area contributed by atoms with E-state index >= 15 is 0 Å². The van der Waals surface area contributed by atoms with Crippen LogP contribution in [0.4, 0.5) is 4.39 Å². The number of halogens is 4. The van der Waals surface area contributed by atoms with Crippen molar-refractivity contribution in [2.75, 3.05) is 27.2 Å². The average Bonchev–Trinajstić information content (AvgIpc) is 2.61. The van der Waals surface area contributed by atoms with Gasteiger partial charge in [-0.2, -0.15) is 0 Å². The van der Waals surface area contributed by atoms with Crippen LogP contribution in [0.15, 0.2) is 36.4 Å². The normalized spacial score (nSPS) is 9.93. The summed E-state index contributed by atoms with van der Waals surface area (Å²) in [5, 5.41) is 6.86. The fraction of sp³-hybridized carbons (Fsp3) is 0.368. The van der Waals surface area contributed by atoms with Crippen LogP contribution in [-0.2, 0) is 13.2 Å². The molecule has 0 aliphatic rings. The second-order valence-electron chi connectivity index (χ2n) is 5.61. The minimum Gasteiger partial charge on any atom is -0.493 e. The smallest absolute Gasteiger partial charge is 0.166 e. The van der Waals surface area contributed by atoms with E-state index in [1.54, 1.807) is 13.2 Å². The van der Waals surface area contributed by atoms with Crippen molar-refractivity contribution >= 4 is 36.4 Å². The number of ether oxygens (including phenoxy) is 2. The molecule has 2 aromatic carbocycles. The summed E-state index contributed by atoms with van der Waals surface area (Å²) in [4.78, 5) is 0. The van der Waals surface area contributed by atoms with Crippen molar-refractivity contribution in [1.82, 2.24) is 10.6 Å². The number of nitrogens with one attached hydrogen (secondary N) is 2. The summed E-state index contributed by atoms with van der Waals surface area (Å²) >= 11 is 6.07. The SMILES string of the molecule is CNCCCNCc1cccc(OC)c1OCc1ccc(F)cc1Cl.Cl.Cl. The quantitative estimate of drug-likeness (QED) is 0.531. The first-order chi connectivity index (χ1) is 12.2. The molecule has 0 bridgehead atoms. The zero-order chi connectivity index (χ0) is 18.1. The Labute approximate surface area is 177 Å². The van der Waals surface area contributed by atoms with Crippen molar-refractivity contribution in [3.05, 3.63) is 58.4 Å². The third-order valence-electron chi connectivity index (χ3n) is 3.76. The van der Waals surface area contributed by atoms with Gasteiger partial charge in [-0.25, -0.2) is 4.39 Å². The van der Waals surface area contributed by atoms with Crippen LogP contribution < -0.4 is 20.1 Å². The molecule has 0 heterocycles. The highest BCUT2D eigenvalue weighted by Crippen LogP contribution is 2.32. The minimum absolute atomic E-state index is 0. The molecule has 2 rings (SSSR count). The summed E-state index contributed by atoms with van der Waals surface area (Å²) in [6, 6.07) is 10.1. The summed E-state index contributed by atoms with van der Waals surface area (Å²) in [6.07, 6.45) is 1.04. The maximum absolute atomic E-state index is 13.2. The van der Waals surface area contributed by atoms with Crippen molar-refractivity contribution in [3.63, 3.8) is 0 Å². The van der Waals surface area contributed by atoms with Crippen LogP contribution in [-0.4, -0.2) is 27.2 Å². The zero-order valence-electron chi connectivity index (χ0n) is 15.4. The molecule has 27 heavy (non-hydrogen) atoms. The van der Waals surface area contributed by atoms with Crippen LogP contribution in [0.25, 0.3) is 0 Å². The monoisotopic (exact) mass is 438 g/mol. The Morgan fingerprint density at radius 2 is 1.85 bits per heavy atom. The molecule has 2 aromatic rings.